The standard InChI is InChI=1S/C21H24Cl2N2O2S/c1-3-26-19-13-16(21(28)25-10-8-24(2)9-11-25)12-18(23)20(19)27-14-15-4-6-17(22)7-5-15/h4-7,12-13H,3,8-11,14H2,1-2H3. The molecule has 0 aromatic heterocycles. The average Bonchev–Trinajstić information content (AvgIpc) is 2.69. The Balaban J connectivity index is 1.79. The molecule has 0 N–H and O–H groups in total. The maximum Gasteiger partial charge on any atom is 0.180 e. The van der Waals surface area contributed by atoms with Crippen LogP contribution in [0.15, 0.2) is 36.4 Å². The number of benzene rings is 2. The summed E-state index contributed by atoms with van der Waals surface area (Å²) in [4.78, 5) is 5.30. The van der Waals surface area contributed by atoms with E-state index in [1.54, 1.807) is 0 Å². The number of piperazine rings is 1. The lowest BCUT2D eigenvalue weighted by molar-refractivity contribution is 0.218. The van der Waals surface area contributed by atoms with Crippen LogP contribution in [0.1, 0.15) is 18.1 Å². The van der Waals surface area contributed by atoms with Gasteiger partial charge in [0.25, 0.3) is 0 Å². The van der Waals surface area contributed by atoms with E-state index in [0.29, 0.717) is 34.8 Å². The first-order chi connectivity index (χ1) is 13.5. The Labute approximate surface area is 181 Å². The van der Waals surface area contributed by atoms with Gasteiger partial charge in [-0.3, -0.25) is 0 Å². The molecule has 0 atom stereocenters. The van der Waals surface area contributed by atoms with Gasteiger partial charge in [0.2, 0.25) is 0 Å². The Bertz CT molecular complexity index is 822. The highest BCUT2D eigenvalue weighted by molar-refractivity contribution is 7.80. The van der Waals surface area contributed by atoms with Gasteiger partial charge in [-0.2, -0.15) is 0 Å². The van der Waals surface area contributed by atoms with Crippen LogP contribution in [-0.2, 0) is 6.61 Å². The van der Waals surface area contributed by atoms with E-state index in [1.165, 1.54) is 0 Å². The largest absolute Gasteiger partial charge is 0.490 e. The van der Waals surface area contributed by atoms with Crippen LogP contribution in [0.2, 0.25) is 10.0 Å². The van der Waals surface area contributed by atoms with Crippen molar-refractivity contribution in [3.8, 4) is 11.5 Å². The Kier molecular flexibility index (Phi) is 7.41. The Morgan fingerprint density at radius 1 is 1.04 bits per heavy atom. The number of halogens is 2. The van der Waals surface area contributed by atoms with Crippen LogP contribution in [0.3, 0.4) is 0 Å². The molecule has 0 saturated carbocycles. The number of rotatable bonds is 6. The monoisotopic (exact) mass is 438 g/mol. The molecular formula is C21H24Cl2N2O2S. The van der Waals surface area contributed by atoms with Crippen LogP contribution in [-0.4, -0.2) is 54.6 Å². The van der Waals surface area contributed by atoms with Gasteiger partial charge in [-0.25, -0.2) is 0 Å². The van der Waals surface area contributed by atoms with Crippen molar-refractivity contribution in [1.29, 1.82) is 0 Å². The predicted octanol–water partition coefficient (Wildman–Crippen LogP) is 4.89. The molecule has 150 valence electrons. The third kappa shape index (κ3) is 5.29. The highest BCUT2D eigenvalue weighted by Gasteiger charge is 2.21. The molecule has 1 saturated heterocycles. The van der Waals surface area contributed by atoms with Crippen LogP contribution in [0, 0.1) is 0 Å². The van der Waals surface area contributed by atoms with Gasteiger partial charge in [-0.15, -0.1) is 0 Å². The van der Waals surface area contributed by atoms with Crippen molar-refractivity contribution < 1.29 is 9.47 Å². The smallest absolute Gasteiger partial charge is 0.180 e. The Morgan fingerprint density at radius 2 is 1.71 bits per heavy atom. The Morgan fingerprint density at radius 3 is 2.36 bits per heavy atom. The first-order valence-electron chi connectivity index (χ1n) is 9.29. The number of ether oxygens (including phenoxy) is 2. The zero-order chi connectivity index (χ0) is 20.1. The van der Waals surface area contributed by atoms with E-state index < -0.39 is 0 Å². The summed E-state index contributed by atoms with van der Waals surface area (Å²) in [5.41, 5.74) is 1.88. The van der Waals surface area contributed by atoms with Gasteiger partial charge in [0, 0.05) is 36.8 Å². The lowest BCUT2D eigenvalue weighted by Gasteiger charge is -2.34. The highest BCUT2D eigenvalue weighted by atomic mass is 35.5. The zero-order valence-electron chi connectivity index (χ0n) is 16.1. The van der Waals surface area contributed by atoms with Crippen molar-refractivity contribution in [3.05, 3.63) is 57.6 Å². The van der Waals surface area contributed by atoms with Crippen LogP contribution in [0.5, 0.6) is 11.5 Å². The number of hydrogen-bond acceptors (Lipinski definition) is 4. The maximum atomic E-state index is 6.56. The molecule has 3 rings (SSSR count). The van der Waals surface area contributed by atoms with Crippen LogP contribution in [0.4, 0.5) is 0 Å². The molecule has 0 aliphatic carbocycles. The van der Waals surface area contributed by atoms with Crippen molar-refractivity contribution in [3.63, 3.8) is 0 Å². The Hall–Kier alpha value is -1.53. The van der Waals surface area contributed by atoms with E-state index in [0.717, 1.165) is 42.3 Å². The van der Waals surface area contributed by atoms with Crippen LogP contribution >= 0.6 is 35.4 Å². The molecule has 1 heterocycles. The number of nitrogens with zero attached hydrogens (tertiary/aromatic N) is 2. The van der Waals surface area contributed by atoms with E-state index in [2.05, 4.69) is 16.8 Å². The second kappa shape index (κ2) is 9.79. The third-order valence-electron chi connectivity index (χ3n) is 4.64. The molecule has 1 fully saturated rings. The first kappa shape index (κ1) is 21.2. The molecule has 0 radical (unpaired) electrons. The number of thiocarbonyl (C=S) groups is 1. The summed E-state index contributed by atoms with van der Waals surface area (Å²) in [6.07, 6.45) is 0. The highest BCUT2D eigenvalue weighted by Crippen LogP contribution is 2.38. The van der Waals surface area contributed by atoms with Crippen molar-refractivity contribution in [2.45, 2.75) is 13.5 Å². The van der Waals surface area contributed by atoms with Crippen molar-refractivity contribution in [2.75, 3.05) is 39.8 Å². The molecule has 1 aliphatic heterocycles. The van der Waals surface area contributed by atoms with Crippen molar-refractivity contribution in [2.24, 2.45) is 0 Å². The summed E-state index contributed by atoms with van der Waals surface area (Å²) in [6.45, 7) is 6.63. The molecule has 0 spiro atoms. The minimum atomic E-state index is 0.374. The fourth-order valence-corrected chi connectivity index (χ4v) is 3.71. The van der Waals surface area contributed by atoms with Gasteiger partial charge in [0.1, 0.15) is 11.6 Å². The fraction of sp³-hybridized carbons (Fsp3) is 0.381. The van der Waals surface area contributed by atoms with E-state index in [-0.39, 0.29) is 0 Å². The van der Waals surface area contributed by atoms with Crippen molar-refractivity contribution in [1.82, 2.24) is 9.80 Å². The van der Waals surface area contributed by atoms with Crippen molar-refractivity contribution >= 4 is 40.4 Å². The molecule has 1 aliphatic rings. The SMILES string of the molecule is CCOc1cc(C(=S)N2CCN(C)CC2)cc(Cl)c1OCc1ccc(Cl)cc1. The molecule has 2 aromatic carbocycles. The minimum Gasteiger partial charge on any atom is -0.490 e. The normalized spacial score (nSPS) is 14.8. The maximum absolute atomic E-state index is 6.56. The molecule has 0 unspecified atom stereocenters. The molecule has 4 nitrogen and oxygen atoms in total. The predicted molar refractivity (Wildman–Crippen MR) is 119 cm³/mol. The van der Waals surface area contributed by atoms with E-state index in [9.17, 15) is 0 Å². The van der Waals surface area contributed by atoms with Crippen LogP contribution in [0.25, 0.3) is 0 Å². The van der Waals surface area contributed by atoms with Gasteiger partial charge in [-0.05, 0) is 43.8 Å². The van der Waals surface area contributed by atoms with Gasteiger partial charge in [-0.1, -0.05) is 47.6 Å². The summed E-state index contributed by atoms with van der Waals surface area (Å²) in [6, 6.07) is 11.3. The second-order valence-electron chi connectivity index (χ2n) is 6.73. The summed E-state index contributed by atoms with van der Waals surface area (Å²) >= 11 is 18.2. The molecule has 0 amide bonds. The third-order valence-corrected chi connectivity index (χ3v) is 5.67. The molecule has 28 heavy (non-hydrogen) atoms. The lowest BCUT2D eigenvalue weighted by Crippen LogP contribution is -2.46. The summed E-state index contributed by atoms with van der Waals surface area (Å²) in [5, 5.41) is 1.19. The molecule has 0 bridgehead atoms. The lowest BCUT2D eigenvalue weighted by atomic mass is 10.1. The first-order valence-corrected chi connectivity index (χ1v) is 10.5. The molecule has 2 aromatic rings. The topological polar surface area (TPSA) is 24.9 Å². The average molecular weight is 439 g/mol. The number of hydrogen-bond donors (Lipinski definition) is 0. The van der Waals surface area contributed by atoms with Gasteiger partial charge < -0.3 is 19.3 Å². The van der Waals surface area contributed by atoms with Gasteiger partial charge >= 0.3 is 0 Å². The molecule has 7 heteroatoms. The zero-order valence-corrected chi connectivity index (χ0v) is 18.4. The van der Waals surface area contributed by atoms with E-state index in [4.69, 9.17) is 44.9 Å². The van der Waals surface area contributed by atoms with Crippen LogP contribution < -0.4 is 9.47 Å². The second-order valence-corrected chi connectivity index (χ2v) is 7.96. The van der Waals surface area contributed by atoms with Gasteiger partial charge in [0.05, 0.1) is 11.6 Å². The number of likely N-dealkylation sites (N-methyl/N-ethyl adjacent to an activating group) is 1. The molecular weight excluding hydrogens is 415 g/mol. The summed E-state index contributed by atoms with van der Waals surface area (Å²) < 4.78 is 11.8. The van der Waals surface area contributed by atoms with E-state index >= 15 is 0 Å². The van der Waals surface area contributed by atoms with Gasteiger partial charge in [0.15, 0.2) is 11.5 Å². The fourth-order valence-electron chi connectivity index (χ4n) is 3.02. The summed E-state index contributed by atoms with van der Waals surface area (Å²) in [5.74, 6) is 1.14. The quantitative estimate of drug-likeness (QED) is 0.597. The van der Waals surface area contributed by atoms with E-state index in [1.807, 2.05) is 43.3 Å². The summed E-state index contributed by atoms with van der Waals surface area (Å²) in [7, 11) is 2.12. The minimum absolute atomic E-state index is 0.374.